The molecule has 17 nitrogen and oxygen atoms in total. The van der Waals surface area contributed by atoms with Crippen molar-refractivity contribution in [1.29, 1.82) is 0 Å². The van der Waals surface area contributed by atoms with Crippen LogP contribution in [0.1, 0.15) is 135 Å². The Labute approximate surface area is 393 Å². The molecule has 0 bridgehead atoms. The second-order valence-corrected chi connectivity index (χ2v) is 18.0. The van der Waals surface area contributed by atoms with Crippen molar-refractivity contribution in [3.8, 4) is 0 Å². The summed E-state index contributed by atoms with van der Waals surface area (Å²) in [7, 11) is 0. The molecule has 4 aliphatic rings. The molecular formula is C50H58FN7O10. The predicted octanol–water partition coefficient (Wildman–Crippen LogP) is 5.85. The number of carbonyl (C=O) groups is 9. The molecule has 3 atom stereocenters. The van der Waals surface area contributed by atoms with E-state index in [-0.39, 0.29) is 55.3 Å². The number of halogens is 1. The summed E-state index contributed by atoms with van der Waals surface area (Å²) in [4.78, 5) is 119. The zero-order valence-electron chi connectivity index (χ0n) is 38.5. The number of nitrogens with one attached hydrogen (secondary N) is 4. The Kier molecular flexibility index (Phi) is 15.7. The van der Waals surface area contributed by atoms with Crippen LogP contribution in [0.4, 0.5) is 20.6 Å². The fraction of sp³-hybridized carbons (Fsp3) is 0.460. The predicted molar refractivity (Wildman–Crippen MR) is 246 cm³/mol. The third-order valence-electron chi connectivity index (χ3n) is 13.0. The Balaban J connectivity index is 0.782. The van der Waals surface area contributed by atoms with Gasteiger partial charge >= 0.3 is 6.09 Å². The van der Waals surface area contributed by atoms with Crippen LogP contribution in [0.15, 0.2) is 60.7 Å². The van der Waals surface area contributed by atoms with Gasteiger partial charge in [-0.2, -0.15) is 0 Å². The lowest BCUT2D eigenvalue weighted by Crippen LogP contribution is -2.54. The van der Waals surface area contributed by atoms with Crippen LogP contribution in [0.5, 0.6) is 0 Å². The van der Waals surface area contributed by atoms with Gasteiger partial charge in [-0.25, -0.2) is 14.1 Å². The molecule has 360 valence electrons. The normalized spacial score (nSPS) is 18.9. The number of fused-ring (bicyclic) bond motifs is 3. The van der Waals surface area contributed by atoms with E-state index in [2.05, 4.69) is 21.3 Å². The summed E-state index contributed by atoms with van der Waals surface area (Å²) in [6, 6.07) is 14.1. The van der Waals surface area contributed by atoms with E-state index in [4.69, 9.17) is 4.74 Å². The number of anilines is 2. The zero-order valence-corrected chi connectivity index (χ0v) is 38.5. The van der Waals surface area contributed by atoms with Gasteiger partial charge in [0.1, 0.15) is 18.4 Å². The Bertz CT molecular complexity index is 2480. The van der Waals surface area contributed by atoms with Gasteiger partial charge in [0.2, 0.25) is 35.1 Å². The summed E-state index contributed by atoms with van der Waals surface area (Å²) >= 11 is 0. The molecule has 3 aliphatic heterocycles. The number of aryl methyl sites for hydroxylation is 1. The number of rotatable bonds is 22. The number of piperidine rings is 1. The molecule has 0 aromatic heterocycles. The van der Waals surface area contributed by atoms with E-state index in [0.29, 0.717) is 48.3 Å². The maximum atomic E-state index is 14.0. The quantitative estimate of drug-likeness (QED) is 0.0691. The standard InChI is InChI=1S/C50H58FN7O10/c1-31(56(29-33-13-15-35(51)16-14-33)44(62)30-57-48(66)50(68-49(57)67)24-23-34-26-37(54-32(2)59)18-20-40(34)50)28-53-42(60)12-10-8-6-4-3-5-7-9-11-25-52-36-17-19-38-39(27-36)47(65)58(46(38)64)41-21-22-43(61)55-45(41)63/h13-20,26-27,31,41,52H,3-12,21-25,28-30H2,1-2H3,(H,53,60)(H,54,59)(H,55,61,63)/t31-,41?,50+/m0/s1. The van der Waals surface area contributed by atoms with Gasteiger partial charge in [-0.05, 0) is 86.2 Å². The largest absolute Gasteiger partial charge is 0.427 e. The number of nitrogens with zero attached hydrogens (tertiary/aromatic N) is 3. The summed E-state index contributed by atoms with van der Waals surface area (Å²) in [5.74, 6) is -4.16. The van der Waals surface area contributed by atoms with Crippen molar-refractivity contribution < 1.29 is 52.3 Å². The molecule has 3 aromatic carbocycles. The van der Waals surface area contributed by atoms with E-state index in [1.54, 1.807) is 55.5 Å². The summed E-state index contributed by atoms with van der Waals surface area (Å²) < 4.78 is 19.5. The first-order chi connectivity index (χ1) is 32.6. The highest BCUT2D eigenvalue weighted by Gasteiger charge is 2.58. The molecule has 9 amide bonds. The summed E-state index contributed by atoms with van der Waals surface area (Å²) in [5.41, 5.74) is 2.07. The Morgan fingerprint density at radius 1 is 0.838 bits per heavy atom. The van der Waals surface area contributed by atoms with Gasteiger partial charge < -0.3 is 25.6 Å². The van der Waals surface area contributed by atoms with Crippen LogP contribution in [0.25, 0.3) is 0 Å². The third kappa shape index (κ3) is 11.2. The van der Waals surface area contributed by atoms with Crippen molar-refractivity contribution in [3.63, 3.8) is 0 Å². The van der Waals surface area contributed by atoms with E-state index in [9.17, 15) is 47.5 Å². The minimum atomic E-state index is -1.57. The number of hydrogen-bond donors (Lipinski definition) is 4. The van der Waals surface area contributed by atoms with Crippen molar-refractivity contribution in [2.75, 3.05) is 30.3 Å². The lowest BCUT2D eigenvalue weighted by molar-refractivity contribution is -0.143. The molecule has 3 aromatic rings. The fourth-order valence-corrected chi connectivity index (χ4v) is 9.36. The van der Waals surface area contributed by atoms with Crippen LogP contribution >= 0.6 is 0 Å². The molecule has 1 spiro atoms. The van der Waals surface area contributed by atoms with Crippen molar-refractivity contribution >= 4 is 64.7 Å². The molecule has 2 fully saturated rings. The second-order valence-electron chi connectivity index (χ2n) is 18.0. The third-order valence-corrected chi connectivity index (χ3v) is 13.0. The van der Waals surface area contributed by atoms with E-state index >= 15 is 0 Å². The Morgan fingerprint density at radius 3 is 2.22 bits per heavy atom. The van der Waals surface area contributed by atoms with E-state index in [0.717, 1.165) is 66.7 Å². The van der Waals surface area contributed by atoms with Gasteiger partial charge in [-0.1, -0.05) is 63.1 Å². The van der Waals surface area contributed by atoms with Crippen LogP contribution < -0.4 is 21.3 Å². The lowest BCUT2D eigenvalue weighted by Gasteiger charge is -2.31. The average Bonchev–Trinajstić information content (AvgIpc) is 3.88. The Hall–Kier alpha value is -6.98. The van der Waals surface area contributed by atoms with Gasteiger partial charge in [0.05, 0.1) is 11.1 Å². The smallest absolute Gasteiger partial charge is 0.418 e. The minimum Gasteiger partial charge on any atom is -0.427 e. The summed E-state index contributed by atoms with van der Waals surface area (Å²) in [5, 5.41) is 11.2. The molecule has 1 aliphatic carbocycles. The van der Waals surface area contributed by atoms with E-state index in [1.165, 1.54) is 24.0 Å². The molecule has 18 heteroatoms. The van der Waals surface area contributed by atoms with Crippen molar-refractivity contribution in [3.05, 3.63) is 94.3 Å². The van der Waals surface area contributed by atoms with E-state index < -0.39 is 71.6 Å². The molecule has 4 N–H and O–H groups in total. The number of hydrogen-bond acceptors (Lipinski definition) is 11. The topological polar surface area (TPSA) is 221 Å². The number of benzene rings is 3. The van der Waals surface area contributed by atoms with E-state index in [1.807, 2.05) is 0 Å². The van der Waals surface area contributed by atoms with Crippen LogP contribution in [-0.2, 0) is 52.1 Å². The van der Waals surface area contributed by atoms with Crippen LogP contribution in [-0.4, -0.2) is 99.8 Å². The number of amides is 9. The highest BCUT2D eigenvalue weighted by atomic mass is 19.1. The molecule has 3 heterocycles. The SMILES string of the molecule is CC(=O)Nc1ccc2c(c1)CC[C@@]21OC(=O)N(CC(=O)N(Cc2ccc(F)cc2)[C@@H](C)CNC(=O)CCCCCCCCCCCNc2ccc3c(c2)C(=O)N(C2CCC(=O)NC2=O)C3=O)C1=O. The molecule has 0 radical (unpaired) electrons. The van der Waals surface area contributed by atoms with Crippen molar-refractivity contribution in [1.82, 2.24) is 25.3 Å². The molecule has 2 saturated heterocycles. The minimum absolute atomic E-state index is 0.0441. The molecule has 68 heavy (non-hydrogen) atoms. The lowest BCUT2D eigenvalue weighted by atomic mass is 9.94. The van der Waals surface area contributed by atoms with Crippen LogP contribution in [0, 0.1) is 5.82 Å². The molecule has 0 saturated carbocycles. The summed E-state index contributed by atoms with van der Waals surface area (Å²) in [6.45, 7) is 3.41. The first kappa shape index (κ1) is 48.9. The first-order valence-electron chi connectivity index (χ1n) is 23.5. The van der Waals surface area contributed by atoms with Crippen molar-refractivity contribution in [2.45, 2.75) is 128 Å². The first-order valence-corrected chi connectivity index (χ1v) is 23.5. The van der Waals surface area contributed by atoms with Gasteiger partial charge in [0.15, 0.2) is 0 Å². The van der Waals surface area contributed by atoms with Crippen LogP contribution in [0.2, 0.25) is 0 Å². The second kappa shape index (κ2) is 21.8. The van der Waals surface area contributed by atoms with Crippen LogP contribution in [0.3, 0.4) is 0 Å². The summed E-state index contributed by atoms with van der Waals surface area (Å²) in [6.07, 6.45) is 9.00. The highest BCUT2D eigenvalue weighted by Crippen LogP contribution is 2.46. The number of carbonyl (C=O) groups excluding carboxylic acids is 9. The Morgan fingerprint density at radius 2 is 1.51 bits per heavy atom. The maximum Gasteiger partial charge on any atom is 0.418 e. The maximum absolute atomic E-state index is 14.0. The fourth-order valence-electron chi connectivity index (χ4n) is 9.36. The zero-order chi connectivity index (χ0) is 48.5. The van der Waals surface area contributed by atoms with Gasteiger partial charge in [-0.3, -0.25) is 48.6 Å². The highest BCUT2D eigenvalue weighted by molar-refractivity contribution is 6.23. The molecule has 7 rings (SSSR count). The number of imide groups is 3. The van der Waals surface area contributed by atoms with Gasteiger partial charge in [-0.15, -0.1) is 0 Å². The monoisotopic (exact) mass is 935 g/mol. The molecular weight excluding hydrogens is 878 g/mol. The molecule has 1 unspecified atom stereocenters. The van der Waals surface area contributed by atoms with Crippen molar-refractivity contribution in [2.24, 2.45) is 0 Å². The van der Waals surface area contributed by atoms with Gasteiger partial charge in [0.25, 0.3) is 17.7 Å². The average molecular weight is 936 g/mol. The number of ether oxygens (including phenoxy) is 1. The number of unbranched alkanes of at least 4 members (excludes halogenated alkanes) is 8. The van der Waals surface area contributed by atoms with Gasteiger partial charge in [0, 0.05) is 68.8 Å².